The van der Waals surface area contributed by atoms with Crippen LogP contribution >= 0.6 is 11.3 Å². The molecule has 1 unspecified atom stereocenters. The Kier molecular flexibility index (Phi) is 6.67. The molecule has 8 nitrogen and oxygen atoms in total. The quantitative estimate of drug-likeness (QED) is 0.403. The highest BCUT2D eigenvalue weighted by Crippen LogP contribution is 2.35. The van der Waals surface area contributed by atoms with E-state index in [-0.39, 0.29) is 18.2 Å². The normalized spacial score (nSPS) is 15.3. The number of β-amino-alcohol motifs (C(OH)–C–C–N with tert-alkyl or cyclic N) is 1. The highest BCUT2D eigenvalue weighted by atomic mass is 32.1. The Bertz CT molecular complexity index is 1410. The average molecular weight is 503 g/mol. The van der Waals surface area contributed by atoms with Crippen LogP contribution in [0.2, 0.25) is 0 Å². The van der Waals surface area contributed by atoms with E-state index in [2.05, 4.69) is 15.3 Å². The van der Waals surface area contributed by atoms with Crippen LogP contribution < -0.4 is 10.1 Å². The van der Waals surface area contributed by atoms with Gasteiger partial charge in [-0.05, 0) is 61.7 Å². The summed E-state index contributed by atoms with van der Waals surface area (Å²) >= 11 is 1.33. The van der Waals surface area contributed by atoms with Crippen LogP contribution in [0.25, 0.3) is 10.2 Å². The first-order chi connectivity index (χ1) is 17.3. The second-order valence-electron chi connectivity index (χ2n) is 8.97. The van der Waals surface area contributed by atoms with Crippen molar-refractivity contribution in [3.8, 4) is 11.5 Å². The van der Waals surface area contributed by atoms with Crippen molar-refractivity contribution in [3.63, 3.8) is 0 Å². The fourth-order valence-corrected chi connectivity index (χ4v) is 5.30. The number of fused-ring (bicyclic) bond motifs is 1. The number of carbonyl (C=O) groups is 2. The van der Waals surface area contributed by atoms with Crippen LogP contribution in [0.3, 0.4) is 0 Å². The Morgan fingerprint density at radius 1 is 1.17 bits per heavy atom. The lowest BCUT2D eigenvalue weighted by molar-refractivity contribution is -0.115. The highest BCUT2D eigenvalue weighted by molar-refractivity contribution is 7.21. The zero-order valence-corrected chi connectivity index (χ0v) is 20.8. The lowest BCUT2D eigenvalue weighted by atomic mass is 10.1. The van der Waals surface area contributed by atoms with E-state index in [1.165, 1.54) is 11.3 Å². The van der Waals surface area contributed by atoms with Crippen molar-refractivity contribution in [2.24, 2.45) is 0 Å². The van der Waals surface area contributed by atoms with Gasteiger partial charge in [0, 0.05) is 31.0 Å². The molecule has 1 saturated heterocycles. The van der Waals surface area contributed by atoms with Crippen molar-refractivity contribution in [3.05, 3.63) is 76.4 Å². The molecule has 2 amide bonds. The van der Waals surface area contributed by atoms with Gasteiger partial charge in [-0.2, -0.15) is 0 Å². The molecule has 1 aliphatic heterocycles. The van der Waals surface area contributed by atoms with E-state index >= 15 is 0 Å². The number of carbonyl (C=O) groups excluding carboxylic acids is 2. The summed E-state index contributed by atoms with van der Waals surface area (Å²) < 4.78 is 6.89. The molecule has 0 spiro atoms. The molecule has 4 aromatic rings. The third-order valence-electron chi connectivity index (χ3n) is 5.92. The number of thiophene rings is 1. The van der Waals surface area contributed by atoms with Gasteiger partial charge in [0.25, 0.3) is 5.91 Å². The summed E-state index contributed by atoms with van der Waals surface area (Å²) in [5.41, 5.74) is 3.44. The second kappa shape index (κ2) is 10.0. The van der Waals surface area contributed by atoms with E-state index in [4.69, 9.17) is 4.74 Å². The largest absolute Gasteiger partial charge is 0.456 e. The molecule has 5 rings (SSSR count). The lowest BCUT2D eigenvalue weighted by Gasteiger charge is -2.13. The van der Waals surface area contributed by atoms with Gasteiger partial charge in [-0.1, -0.05) is 12.1 Å². The summed E-state index contributed by atoms with van der Waals surface area (Å²) in [6, 6.07) is 14.7. The Hall–Kier alpha value is -3.82. The Morgan fingerprint density at radius 2 is 1.97 bits per heavy atom. The number of hydrogen-bond acceptors (Lipinski definition) is 7. The molecule has 0 radical (unpaired) electrons. The number of rotatable bonds is 6. The van der Waals surface area contributed by atoms with Crippen LogP contribution in [0.4, 0.5) is 5.82 Å². The van der Waals surface area contributed by atoms with Crippen molar-refractivity contribution >= 4 is 39.2 Å². The minimum Gasteiger partial charge on any atom is -0.456 e. The first-order valence-corrected chi connectivity index (χ1v) is 12.5. The number of nitrogens with zero attached hydrogens (tertiary/aromatic N) is 3. The molecule has 0 aliphatic carbocycles. The summed E-state index contributed by atoms with van der Waals surface area (Å²) in [4.78, 5) is 36.3. The number of anilines is 1. The average Bonchev–Trinajstić information content (AvgIpc) is 3.46. The maximum Gasteiger partial charge on any atom is 0.264 e. The first kappa shape index (κ1) is 23.9. The maximum atomic E-state index is 12.8. The molecule has 0 bridgehead atoms. The molecular formula is C27H26N4O4S. The monoisotopic (exact) mass is 502 g/mol. The Balaban J connectivity index is 1.26. The molecule has 1 atom stereocenters. The van der Waals surface area contributed by atoms with E-state index in [0.717, 1.165) is 21.5 Å². The third-order valence-corrected chi connectivity index (χ3v) is 7.05. The SMILES string of the molecule is Cc1cc(C)nc(NC(=O)Cc2ccc(Oc3ccnc4cc(C(=O)N5CCC(O)C5)sc34)cc2)c1. The van der Waals surface area contributed by atoms with Gasteiger partial charge in [-0.3, -0.25) is 14.6 Å². The lowest BCUT2D eigenvalue weighted by Crippen LogP contribution is -2.28. The summed E-state index contributed by atoms with van der Waals surface area (Å²) in [5.74, 6) is 1.54. The standard InChI is InChI=1S/C27H26N4O4S/c1-16-11-17(2)29-24(12-16)30-25(33)13-18-3-5-20(6-4-18)35-22-7-9-28-21-14-23(36-26(21)22)27(34)31-10-8-19(32)15-31/h3-7,9,11-12,14,19,32H,8,10,13,15H2,1-2H3,(H,29,30,33). The van der Waals surface area contributed by atoms with Crippen molar-refractivity contribution < 1.29 is 19.4 Å². The van der Waals surface area contributed by atoms with Crippen LogP contribution in [-0.4, -0.2) is 51.0 Å². The van der Waals surface area contributed by atoms with Crippen LogP contribution in [-0.2, 0) is 11.2 Å². The molecular weight excluding hydrogens is 476 g/mol. The molecule has 36 heavy (non-hydrogen) atoms. The summed E-state index contributed by atoms with van der Waals surface area (Å²) in [7, 11) is 0. The van der Waals surface area contributed by atoms with Crippen LogP contribution in [0.15, 0.2) is 54.7 Å². The van der Waals surface area contributed by atoms with Crippen molar-refractivity contribution in [1.29, 1.82) is 0 Å². The Labute approximate surface area is 212 Å². The number of aromatic nitrogens is 2. The molecule has 9 heteroatoms. The highest BCUT2D eigenvalue weighted by Gasteiger charge is 2.27. The van der Waals surface area contributed by atoms with Gasteiger partial charge in [-0.15, -0.1) is 11.3 Å². The number of aliphatic hydroxyl groups excluding tert-OH is 1. The number of amides is 2. The molecule has 4 heterocycles. The molecule has 184 valence electrons. The predicted octanol–water partition coefficient (Wildman–Crippen LogP) is 4.49. The zero-order valence-electron chi connectivity index (χ0n) is 20.0. The molecule has 2 N–H and O–H groups in total. The Morgan fingerprint density at radius 3 is 2.69 bits per heavy atom. The number of aryl methyl sites for hydroxylation is 2. The van der Waals surface area contributed by atoms with E-state index in [0.29, 0.717) is 47.2 Å². The molecule has 1 aliphatic rings. The van der Waals surface area contributed by atoms with Gasteiger partial charge in [-0.25, -0.2) is 4.98 Å². The van der Waals surface area contributed by atoms with Crippen molar-refractivity contribution in [1.82, 2.24) is 14.9 Å². The first-order valence-electron chi connectivity index (χ1n) is 11.7. The maximum absolute atomic E-state index is 12.8. The number of benzene rings is 1. The van der Waals surface area contributed by atoms with Gasteiger partial charge < -0.3 is 20.1 Å². The fraction of sp³-hybridized carbons (Fsp3) is 0.259. The van der Waals surface area contributed by atoms with Gasteiger partial charge >= 0.3 is 0 Å². The molecule has 1 aromatic carbocycles. The molecule has 3 aromatic heterocycles. The topological polar surface area (TPSA) is 105 Å². The zero-order chi connectivity index (χ0) is 25.2. The van der Waals surface area contributed by atoms with E-state index in [9.17, 15) is 14.7 Å². The summed E-state index contributed by atoms with van der Waals surface area (Å²) in [5, 5.41) is 12.6. The van der Waals surface area contributed by atoms with Crippen LogP contribution in [0.5, 0.6) is 11.5 Å². The fourth-order valence-electron chi connectivity index (χ4n) is 4.26. The van der Waals surface area contributed by atoms with Gasteiger partial charge in [0.1, 0.15) is 17.3 Å². The van der Waals surface area contributed by atoms with Gasteiger partial charge in [0.2, 0.25) is 5.91 Å². The minimum atomic E-state index is -0.460. The molecule has 0 saturated carbocycles. The number of likely N-dealkylation sites (tertiary alicyclic amines) is 1. The van der Waals surface area contributed by atoms with Crippen LogP contribution in [0.1, 0.15) is 32.9 Å². The van der Waals surface area contributed by atoms with Crippen molar-refractivity contribution in [2.75, 3.05) is 18.4 Å². The van der Waals surface area contributed by atoms with E-state index in [1.54, 1.807) is 23.2 Å². The van der Waals surface area contributed by atoms with Gasteiger partial charge in [0.15, 0.2) is 0 Å². The third kappa shape index (κ3) is 5.37. The predicted molar refractivity (Wildman–Crippen MR) is 139 cm³/mol. The summed E-state index contributed by atoms with van der Waals surface area (Å²) in [6.07, 6.45) is 2.01. The number of aliphatic hydroxyl groups is 1. The number of nitrogens with one attached hydrogen (secondary N) is 1. The number of pyridine rings is 2. The summed E-state index contributed by atoms with van der Waals surface area (Å²) in [6.45, 7) is 4.77. The number of ether oxygens (including phenoxy) is 1. The number of hydrogen-bond donors (Lipinski definition) is 2. The minimum absolute atomic E-state index is 0.0980. The molecule has 1 fully saturated rings. The smallest absolute Gasteiger partial charge is 0.264 e. The van der Waals surface area contributed by atoms with E-state index < -0.39 is 6.10 Å². The van der Waals surface area contributed by atoms with Crippen molar-refractivity contribution in [2.45, 2.75) is 32.8 Å². The second-order valence-corrected chi connectivity index (χ2v) is 10.0. The van der Waals surface area contributed by atoms with E-state index in [1.807, 2.05) is 50.2 Å². The van der Waals surface area contributed by atoms with Gasteiger partial charge in [0.05, 0.1) is 27.6 Å². The van der Waals surface area contributed by atoms with Crippen LogP contribution in [0, 0.1) is 13.8 Å².